The van der Waals surface area contributed by atoms with Crippen LogP contribution in [0, 0.1) is 20.8 Å². The summed E-state index contributed by atoms with van der Waals surface area (Å²) in [7, 11) is 0. The van der Waals surface area contributed by atoms with E-state index in [-0.39, 0.29) is 0 Å². The van der Waals surface area contributed by atoms with Gasteiger partial charge in [-0.05, 0) is 49.6 Å². The third kappa shape index (κ3) is 6.40. The molecular formula is C15H18O3S. The van der Waals surface area contributed by atoms with Crippen LogP contribution in [0.3, 0.4) is 0 Å². The zero-order valence-corrected chi connectivity index (χ0v) is 12.1. The van der Waals surface area contributed by atoms with E-state index >= 15 is 0 Å². The Morgan fingerprint density at radius 3 is 2.00 bits per heavy atom. The molecular weight excluding hydrogens is 260 g/mol. The molecule has 0 aromatic heterocycles. The van der Waals surface area contributed by atoms with Gasteiger partial charge in [0.1, 0.15) is 0 Å². The molecule has 0 saturated heterocycles. The lowest BCUT2D eigenvalue weighted by molar-refractivity contribution is -0.432. The van der Waals surface area contributed by atoms with Crippen LogP contribution in [-0.4, -0.2) is 5.26 Å². The van der Waals surface area contributed by atoms with Crippen LogP contribution in [0.25, 0.3) is 0 Å². The first-order valence-electron chi connectivity index (χ1n) is 5.87. The summed E-state index contributed by atoms with van der Waals surface area (Å²) in [5, 5.41) is 11.3. The van der Waals surface area contributed by atoms with Crippen molar-refractivity contribution >= 4 is 12.0 Å². The maximum absolute atomic E-state index is 7.85. The van der Waals surface area contributed by atoms with Gasteiger partial charge in [-0.3, -0.25) is 0 Å². The van der Waals surface area contributed by atoms with Crippen LogP contribution in [0.2, 0.25) is 0 Å². The molecule has 0 atom stereocenters. The Balaban J connectivity index is 0.000000200. The normalized spacial score (nSPS) is 9.68. The van der Waals surface area contributed by atoms with E-state index in [1.54, 1.807) is 0 Å². The molecule has 2 rings (SSSR count). The topological polar surface area (TPSA) is 38.7 Å². The van der Waals surface area contributed by atoms with Crippen molar-refractivity contribution < 1.29 is 14.6 Å². The standard InChI is InChI=1S/C8H10.C7H8O3S/c1-7-5-3-4-6-8(7)2;1-6-3-2-4-7(5-6)11-10-9-8/h3-6H,1-2H3;2-5,8H,1H3. The molecule has 0 radical (unpaired) electrons. The van der Waals surface area contributed by atoms with E-state index in [0.717, 1.165) is 22.5 Å². The predicted octanol–water partition coefficient (Wildman–Crippen LogP) is 4.73. The quantitative estimate of drug-likeness (QED) is 0.500. The lowest BCUT2D eigenvalue weighted by Gasteiger charge is -1.97. The Bertz CT molecular complexity index is 479. The average Bonchev–Trinajstić information content (AvgIpc) is 2.41. The van der Waals surface area contributed by atoms with Gasteiger partial charge in [-0.2, -0.15) is 0 Å². The van der Waals surface area contributed by atoms with Crippen molar-refractivity contribution in [3.8, 4) is 0 Å². The summed E-state index contributed by atoms with van der Waals surface area (Å²) in [5.41, 5.74) is 3.87. The monoisotopic (exact) mass is 278 g/mol. The summed E-state index contributed by atoms with van der Waals surface area (Å²) < 4.78 is 4.25. The molecule has 0 fully saturated rings. The van der Waals surface area contributed by atoms with Crippen molar-refractivity contribution in [1.82, 2.24) is 0 Å². The molecule has 2 aromatic carbocycles. The fraction of sp³-hybridized carbons (Fsp3) is 0.200. The molecule has 0 aliphatic rings. The van der Waals surface area contributed by atoms with Crippen molar-refractivity contribution in [2.45, 2.75) is 25.7 Å². The predicted molar refractivity (Wildman–Crippen MR) is 77.8 cm³/mol. The number of rotatable bonds is 3. The van der Waals surface area contributed by atoms with Crippen LogP contribution in [0.4, 0.5) is 0 Å². The molecule has 1 N–H and O–H groups in total. The van der Waals surface area contributed by atoms with E-state index < -0.39 is 0 Å². The van der Waals surface area contributed by atoms with Gasteiger partial charge in [0.2, 0.25) is 0 Å². The third-order valence-electron chi connectivity index (χ3n) is 2.58. The van der Waals surface area contributed by atoms with Crippen molar-refractivity contribution in [3.63, 3.8) is 0 Å². The molecule has 0 aliphatic heterocycles. The van der Waals surface area contributed by atoms with E-state index in [1.807, 2.05) is 31.2 Å². The lowest BCUT2D eigenvalue weighted by Crippen LogP contribution is -1.79. The second kappa shape index (κ2) is 8.72. The minimum atomic E-state index is 0.888. The smallest absolute Gasteiger partial charge is 0.0714 e. The number of aryl methyl sites for hydroxylation is 3. The maximum Gasteiger partial charge on any atom is 0.0714 e. The molecule has 0 bridgehead atoms. The zero-order chi connectivity index (χ0) is 14.1. The van der Waals surface area contributed by atoms with Gasteiger partial charge in [-0.15, -0.1) is 4.33 Å². The van der Waals surface area contributed by atoms with Gasteiger partial charge in [0.25, 0.3) is 0 Å². The fourth-order valence-electron chi connectivity index (χ4n) is 1.38. The van der Waals surface area contributed by atoms with Gasteiger partial charge in [0, 0.05) is 4.90 Å². The Hall–Kier alpha value is -1.33. The Labute approximate surface area is 118 Å². The molecule has 0 unspecified atom stereocenters. The highest BCUT2D eigenvalue weighted by molar-refractivity contribution is 7.94. The highest BCUT2D eigenvalue weighted by atomic mass is 32.2. The minimum absolute atomic E-state index is 0.888. The Kier molecular flexibility index (Phi) is 7.22. The molecule has 2 aromatic rings. The van der Waals surface area contributed by atoms with E-state index in [1.165, 1.54) is 11.1 Å². The highest BCUT2D eigenvalue weighted by Gasteiger charge is 1.94. The molecule has 0 aliphatic carbocycles. The summed E-state index contributed by atoms with van der Waals surface area (Å²) in [6.45, 7) is 6.22. The first-order valence-corrected chi connectivity index (χ1v) is 6.61. The van der Waals surface area contributed by atoms with Gasteiger partial charge in [0.15, 0.2) is 0 Å². The Morgan fingerprint density at radius 2 is 1.53 bits per heavy atom. The van der Waals surface area contributed by atoms with Crippen LogP contribution >= 0.6 is 12.0 Å². The molecule has 4 heteroatoms. The second-order valence-electron chi connectivity index (χ2n) is 4.13. The first kappa shape index (κ1) is 15.7. The van der Waals surface area contributed by atoms with Crippen LogP contribution in [0.15, 0.2) is 53.4 Å². The maximum atomic E-state index is 7.85. The van der Waals surface area contributed by atoms with Crippen molar-refractivity contribution in [1.29, 1.82) is 0 Å². The first-order chi connectivity index (χ1) is 9.13. The van der Waals surface area contributed by atoms with Crippen molar-refractivity contribution in [2.75, 3.05) is 0 Å². The molecule has 3 nitrogen and oxygen atoms in total. The van der Waals surface area contributed by atoms with E-state index in [4.69, 9.17) is 5.26 Å². The molecule has 102 valence electrons. The fourth-order valence-corrected chi connectivity index (χ4v) is 1.86. The zero-order valence-electron chi connectivity index (χ0n) is 11.3. The van der Waals surface area contributed by atoms with Gasteiger partial charge in [-0.25, -0.2) is 5.26 Å². The summed E-state index contributed by atoms with van der Waals surface area (Å²) in [4.78, 5) is 0.888. The molecule has 19 heavy (non-hydrogen) atoms. The van der Waals surface area contributed by atoms with Gasteiger partial charge < -0.3 is 0 Å². The molecule has 0 heterocycles. The van der Waals surface area contributed by atoms with Crippen LogP contribution in [0.5, 0.6) is 0 Å². The summed E-state index contributed by atoms with van der Waals surface area (Å²) in [6.07, 6.45) is 0. The van der Waals surface area contributed by atoms with Gasteiger partial charge in [-0.1, -0.05) is 41.4 Å². The average molecular weight is 278 g/mol. The van der Waals surface area contributed by atoms with Crippen molar-refractivity contribution in [2.24, 2.45) is 0 Å². The minimum Gasteiger partial charge on any atom is -0.220 e. The van der Waals surface area contributed by atoms with E-state index in [2.05, 4.69) is 47.5 Å². The van der Waals surface area contributed by atoms with Gasteiger partial charge in [0.05, 0.1) is 12.0 Å². The van der Waals surface area contributed by atoms with Crippen molar-refractivity contribution in [3.05, 3.63) is 65.2 Å². The molecule has 0 spiro atoms. The molecule has 0 saturated carbocycles. The largest absolute Gasteiger partial charge is 0.220 e. The third-order valence-corrected chi connectivity index (χ3v) is 3.15. The second-order valence-corrected chi connectivity index (χ2v) is 4.90. The van der Waals surface area contributed by atoms with E-state index in [9.17, 15) is 0 Å². The number of benzene rings is 2. The highest BCUT2D eigenvalue weighted by Crippen LogP contribution is 2.19. The SMILES string of the molecule is Cc1cccc(SOOO)c1.Cc1ccccc1C. The lowest BCUT2D eigenvalue weighted by atomic mass is 10.1. The number of hydrogen-bond donors (Lipinski definition) is 1. The summed E-state index contributed by atoms with van der Waals surface area (Å²) in [5.74, 6) is 0. The summed E-state index contributed by atoms with van der Waals surface area (Å²) in [6, 6.07) is 16.0. The molecule has 0 amide bonds. The number of hydrogen-bond acceptors (Lipinski definition) is 4. The van der Waals surface area contributed by atoms with Crippen LogP contribution in [0.1, 0.15) is 16.7 Å². The van der Waals surface area contributed by atoms with Crippen LogP contribution in [-0.2, 0) is 9.37 Å². The van der Waals surface area contributed by atoms with E-state index in [0.29, 0.717) is 0 Å². The van der Waals surface area contributed by atoms with Crippen LogP contribution < -0.4 is 0 Å². The Morgan fingerprint density at radius 1 is 0.895 bits per heavy atom. The van der Waals surface area contributed by atoms with Gasteiger partial charge >= 0.3 is 0 Å². The summed E-state index contributed by atoms with van der Waals surface area (Å²) >= 11 is 0.962.